The van der Waals surface area contributed by atoms with Crippen molar-refractivity contribution >= 4 is 57.4 Å². The molecule has 1 heterocycles. The van der Waals surface area contributed by atoms with E-state index in [9.17, 15) is 14.0 Å². The Kier molecular flexibility index (Phi) is 17.9. The fourth-order valence-corrected chi connectivity index (χ4v) is 7.92. The number of carbonyl (C=O) groups is 2. The number of ether oxygens (including phenoxy) is 3. The van der Waals surface area contributed by atoms with Crippen LogP contribution in [0.25, 0.3) is 32.3 Å². The van der Waals surface area contributed by atoms with Crippen molar-refractivity contribution in [1.82, 2.24) is 0 Å². The van der Waals surface area contributed by atoms with Crippen LogP contribution in [-0.2, 0) is 20.7 Å². The predicted molar refractivity (Wildman–Crippen MR) is 248 cm³/mol. The first-order valence-corrected chi connectivity index (χ1v) is 21.7. The Balaban J connectivity index is 0.000000233. The molecule has 0 radical (unpaired) electrons. The van der Waals surface area contributed by atoms with Crippen LogP contribution in [0.4, 0.5) is 4.39 Å². The predicted octanol–water partition coefficient (Wildman–Crippen LogP) is 12.8. The van der Waals surface area contributed by atoms with Gasteiger partial charge in [-0.15, -0.1) is 23.1 Å². The summed E-state index contributed by atoms with van der Waals surface area (Å²) >= 11 is 3.65. The van der Waals surface area contributed by atoms with Crippen molar-refractivity contribution in [2.75, 3.05) is 26.1 Å². The number of hydrogen-bond acceptors (Lipinski definition) is 9. The second-order valence-corrected chi connectivity index (χ2v) is 16.2. The van der Waals surface area contributed by atoms with Crippen LogP contribution in [0.1, 0.15) is 62.5 Å². The average Bonchev–Trinajstić information content (AvgIpc) is 3.71. The maximum atomic E-state index is 14.3. The van der Waals surface area contributed by atoms with Gasteiger partial charge in [-0.05, 0) is 115 Å². The normalized spacial score (nSPS) is 11.2. The summed E-state index contributed by atoms with van der Waals surface area (Å²) in [6, 6.07) is 37.6. The third kappa shape index (κ3) is 13.6. The van der Waals surface area contributed by atoms with Gasteiger partial charge in [-0.25, -0.2) is 9.18 Å². The van der Waals surface area contributed by atoms with E-state index in [2.05, 4.69) is 90.4 Å². The number of esters is 1. The van der Waals surface area contributed by atoms with E-state index < -0.39 is 5.97 Å². The summed E-state index contributed by atoms with van der Waals surface area (Å²) < 4.78 is 31.7. The Morgan fingerprint density at radius 3 is 2.32 bits per heavy atom. The molecule has 1 aromatic heterocycles. The molecule has 0 atom stereocenters. The number of hydrogen-bond donors (Lipinski definition) is 0. The number of benzene rings is 5. The molecule has 310 valence electrons. The van der Waals surface area contributed by atoms with E-state index in [-0.39, 0.29) is 12.4 Å². The number of carbonyl (C=O) groups excluding carboxylic acids is 2. The van der Waals surface area contributed by atoms with E-state index in [1.165, 1.54) is 45.2 Å². The van der Waals surface area contributed by atoms with Crippen molar-refractivity contribution in [3.05, 3.63) is 149 Å². The summed E-state index contributed by atoms with van der Waals surface area (Å²) in [5, 5.41) is 10.1. The Bertz CT molecular complexity index is 2370. The summed E-state index contributed by atoms with van der Waals surface area (Å²) in [4.78, 5) is 24.1. The molecule has 0 N–H and O–H groups in total. The maximum absolute atomic E-state index is 14.3. The zero-order chi connectivity index (χ0) is 42.7. The highest BCUT2D eigenvalue weighted by Gasteiger charge is 2.09. The molecule has 0 amide bonds. The molecule has 6 aromatic rings. The van der Waals surface area contributed by atoms with Gasteiger partial charge >= 0.3 is 5.97 Å². The van der Waals surface area contributed by atoms with E-state index in [1.807, 2.05) is 30.8 Å². The Hall–Kier alpha value is -5.84. The number of rotatable bonds is 19. The second-order valence-electron chi connectivity index (χ2n) is 13.9. The maximum Gasteiger partial charge on any atom is 0.333 e. The smallest absolute Gasteiger partial charge is 0.333 e. The number of aryl methyl sites for hydroxylation is 1. The molecule has 0 fully saturated rings. The van der Waals surface area contributed by atoms with Crippen LogP contribution < -0.4 is 9.47 Å². The molecule has 0 unspecified atom stereocenters. The molecular formula is C50H51FN2O5S2. The molecular weight excluding hydrogens is 792 g/mol. The Labute approximate surface area is 361 Å². The van der Waals surface area contributed by atoms with Crippen LogP contribution in [0, 0.1) is 5.82 Å². The van der Waals surface area contributed by atoms with E-state index in [1.54, 1.807) is 61.9 Å². The quantitative estimate of drug-likeness (QED) is 0.0154. The molecule has 10 heteroatoms. The average molecular weight is 843 g/mol. The Morgan fingerprint density at radius 2 is 1.62 bits per heavy atom. The van der Waals surface area contributed by atoms with Crippen LogP contribution in [0.15, 0.2) is 143 Å². The van der Waals surface area contributed by atoms with Crippen LogP contribution in [0.5, 0.6) is 11.5 Å². The lowest BCUT2D eigenvalue weighted by Crippen LogP contribution is -2.09. The summed E-state index contributed by atoms with van der Waals surface area (Å²) in [5.41, 5.74) is 6.54. The van der Waals surface area contributed by atoms with Crippen molar-refractivity contribution in [1.29, 1.82) is 0 Å². The molecule has 0 aliphatic rings. The molecule has 0 bridgehead atoms. The molecule has 0 saturated heterocycles. The van der Waals surface area contributed by atoms with Gasteiger partial charge in [0, 0.05) is 39.1 Å². The third-order valence-electron chi connectivity index (χ3n) is 9.26. The van der Waals surface area contributed by atoms with Gasteiger partial charge in [-0.3, -0.25) is 0 Å². The third-order valence-corrected chi connectivity index (χ3v) is 11.6. The van der Waals surface area contributed by atoms with Gasteiger partial charge in [-0.2, -0.15) is 10.2 Å². The summed E-state index contributed by atoms with van der Waals surface area (Å²) in [7, 11) is 1.68. The number of methoxy groups -OCH3 is 1. The molecule has 60 heavy (non-hydrogen) atoms. The monoisotopic (exact) mass is 842 g/mol. The van der Waals surface area contributed by atoms with Crippen LogP contribution in [-0.4, -0.2) is 50.3 Å². The fraction of sp³-hybridized carbons (Fsp3) is 0.240. The van der Waals surface area contributed by atoms with E-state index in [0.717, 1.165) is 44.9 Å². The minimum atomic E-state index is -0.404. The standard InChI is InChI=1S/C28H28N2OS2.C22H23FO4/c1-4-5-16-32-25-13-10-21(11-14-25)22-12-15-26(31-3)24(17-22)19-29-30-20(2)28-18-23-8-6-7-9-27(23)33-28;1-16(2)22(25)27-14-4-13-26-19-9-7-18(8-10-19)20-11-6-17(5-3-12-24)15-21(20)23/h6-15,17-19H,4-5,16H2,1-3H3;6-12,15H,1,3-5,13-14H2,2H3/b29-19+,30-20+;. The largest absolute Gasteiger partial charge is 0.496 e. The van der Waals surface area contributed by atoms with Crippen molar-refractivity contribution in [3.63, 3.8) is 0 Å². The number of aldehydes is 1. The molecule has 0 aliphatic carbocycles. The number of nitrogens with zero attached hydrogens (tertiary/aromatic N) is 2. The molecule has 6 rings (SSSR count). The van der Waals surface area contributed by atoms with Crippen LogP contribution >= 0.6 is 23.1 Å². The minimum Gasteiger partial charge on any atom is -0.496 e. The SMILES string of the molecule is C=C(C)C(=O)OCCCOc1ccc(-c2ccc(CCC=O)cc2F)cc1.CCCCSc1ccc(-c2ccc(OC)c(/C=N/N=C(\C)c3cc4ccccc4s3)c2)cc1. The van der Waals surface area contributed by atoms with Crippen LogP contribution in [0.2, 0.25) is 0 Å². The van der Waals surface area contributed by atoms with Gasteiger partial charge in [0.15, 0.2) is 0 Å². The van der Waals surface area contributed by atoms with Gasteiger partial charge in [0.25, 0.3) is 0 Å². The first kappa shape index (κ1) is 45.2. The second kappa shape index (κ2) is 23.7. The zero-order valence-electron chi connectivity index (χ0n) is 34.6. The van der Waals surface area contributed by atoms with Crippen molar-refractivity contribution in [2.45, 2.75) is 57.8 Å². The summed E-state index contributed by atoms with van der Waals surface area (Å²) in [5.74, 6) is 1.89. The number of thioether (sulfide) groups is 1. The lowest BCUT2D eigenvalue weighted by Gasteiger charge is -2.09. The zero-order valence-corrected chi connectivity index (χ0v) is 36.3. The first-order chi connectivity index (χ1) is 29.2. The van der Waals surface area contributed by atoms with Crippen molar-refractivity contribution in [3.8, 4) is 33.8 Å². The molecule has 5 aromatic carbocycles. The lowest BCUT2D eigenvalue weighted by atomic mass is 10.0. The van der Waals surface area contributed by atoms with Crippen LogP contribution in [0.3, 0.4) is 0 Å². The highest BCUT2D eigenvalue weighted by Crippen LogP contribution is 2.30. The molecule has 0 spiro atoms. The van der Waals surface area contributed by atoms with Gasteiger partial charge in [0.1, 0.15) is 23.6 Å². The van der Waals surface area contributed by atoms with Gasteiger partial charge in [0.05, 0.1) is 37.1 Å². The topological polar surface area (TPSA) is 86.5 Å². The van der Waals surface area contributed by atoms with E-state index in [4.69, 9.17) is 14.2 Å². The Morgan fingerprint density at radius 1 is 0.867 bits per heavy atom. The summed E-state index contributed by atoms with van der Waals surface area (Å²) in [6.45, 7) is 10.0. The first-order valence-electron chi connectivity index (χ1n) is 19.9. The van der Waals surface area contributed by atoms with E-state index in [0.29, 0.717) is 42.8 Å². The number of halogens is 1. The molecule has 7 nitrogen and oxygen atoms in total. The van der Waals surface area contributed by atoms with Gasteiger partial charge < -0.3 is 19.0 Å². The van der Waals surface area contributed by atoms with Gasteiger partial charge in [-0.1, -0.05) is 80.6 Å². The number of unbranched alkanes of at least 4 members (excludes halogenated alkanes) is 1. The fourth-order valence-electron chi connectivity index (χ4n) is 5.92. The number of fused-ring (bicyclic) bond motifs is 1. The van der Waals surface area contributed by atoms with Crippen molar-refractivity contribution in [2.24, 2.45) is 10.2 Å². The van der Waals surface area contributed by atoms with E-state index >= 15 is 0 Å². The highest BCUT2D eigenvalue weighted by atomic mass is 32.2. The number of thiophene rings is 1. The summed E-state index contributed by atoms with van der Waals surface area (Å²) in [6.07, 6.45) is 6.57. The minimum absolute atomic E-state index is 0.269. The van der Waals surface area contributed by atoms with Gasteiger partial charge in [0.2, 0.25) is 0 Å². The molecule has 0 aliphatic heterocycles. The molecule has 0 saturated carbocycles. The van der Waals surface area contributed by atoms with Crippen molar-refractivity contribution < 1.29 is 28.2 Å². The lowest BCUT2D eigenvalue weighted by molar-refractivity contribution is -0.139. The highest BCUT2D eigenvalue weighted by molar-refractivity contribution is 7.99.